The van der Waals surface area contributed by atoms with Crippen molar-refractivity contribution in [2.24, 2.45) is 0 Å². The number of aromatic nitrogens is 1. The molecule has 7 heteroatoms. The Labute approximate surface area is 174 Å². The lowest BCUT2D eigenvalue weighted by Gasteiger charge is -2.30. The van der Waals surface area contributed by atoms with E-state index in [2.05, 4.69) is 10.3 Å². The number of nitrogens with one attached hydrogen (secondary N) is 1. The number of hydrogen-bond donors (Lipinski definition) is 1. The highest BCUT2D eigenvalue weighted by Crippen LogP contribution is 2.24. The van der Waals surface area contributed by atoms with E-state index in [9.17, 15) is 8.78 Å². The first-order chi connectivity index (χ1) is 14.6. The number of pyridine rings is 1. The SMILES string of the molecule is COc1ccc2nccc(CCC3OCC(NCc4ccc(F)c(F)c4)CO3)c2c1. The highest BCUT2D eigenvalue weighted by atomic mass is 19.2. The minimum Gasteiger partial charge on any atom is -0.497 e. The molecular weight excluding hydrogens is 390 g/mol. The monoisotopic (exact) mass is 414 g/mol. The lowest BCUT2D eigenvalue weighted by molar-refractivity contribution is -0.192. The molecule has 158 valence electrons. The van der Waals surface area contributed by atoms with Crippen molar-refractivity contribution in [3.63, 3.8) is 0 Å². The largest absolute Gasteiger partial charge is 0.497 e. The van der Waals surface area contributed by atoms with E-state index in [1.807, 2.05) is 30.5 Å². The van der Waals surface area contributed by atoms with E-state index in [1.54, 1.807) is 13.2 Å². The minimum absolute atomic E-state index is 0.000353. The number of methoxy groups -OCH3 is 1. The molecule has 0 amide bonds. The average Bonchev–Trinajstić information content (AvgIpc) is 2.78. The first-order valence-electron chi connectivity index (χ1n) is 9.94. The second-order valence-corrected chi connectivity index (χ2v) is 7.31. The topological polar surface area (TPSA) is 52.6 Å². The van der Waals surface area contributed by atoms with Crippen molar-refractivity contribution in [2.75, 3.05) is 20.3 Å². The van der Waals surface area contributed by atoms with Crippen LogP contribution in [0.5, 0.6) is 5.75 Å². The molecule has 1 N–H and O–H groups in total. The number of nitrogens with zero attached hydrogens (tertiary/aromatic N) is 1. The van der Waals surface area contributed by atoms with Crippen LogP contribution < -0.4 is 10.1 Å². The van der Waals surface area contributed by atoms with E-state index in [0.717, 1.165) is 35.6 Å². The van der Waals surface area contributed by atoms with Gasteiger partial charge in [-0.25, -0.2) is 8.78 Å². The van der Waals surface area contributed by atoms with Crippen LogP contribution in [-0.2, 0) is 22.4 Å². The molecule has 0 radical (unpaired) electrons. The van der Waals surface area contributed by atoms with Gasteiger partial charge < -0.3 is 19.5 Å². The zero-order chi connectivity index (χ0) is 20.9. The van der Waals surface area contributed by atoms with Crippen LogP contribution in [0.15, 0.2) is 48.7 Å². The fourth-order valence-corrected chi connectivity index (χ4v) is 3.54. The zero-order valence-electron chi connectivity index (χ0n) is 16.7. The van der Waals surface area contributed by atoms with E-state index in [4.69, 9.17) is 14.2 Å². The molecule has 0 aliphatic carbocycles. The van der Waals surface area contributed by atoms with E-state index in [-0.39, 0.29) is 12.3 Å². The number of ether oxygens (including phenoxy) is 3. The molecule has 1 fully saturated rings. The Morgan fingerprint density at radius 1 is 1.07 bits per heavy atom. The third-order valence-electron chi connectivity index (χ3n) is 5.23. The summed E-state index contributed by atoms with van der Waals surface area (Å²) in [6, 6.07) is 11.8. The van der Waals surface area contributed by atoms with Gasteiger partial charge in [0.2, 0.25) is 0 Å². The summed E-state index contributed by atoms with van der Waals surface area (Å²) in [7, 11) is 1.65. The summed E-state index contributed by atoms with van der Waals surface area (Å²) in [6.07, 6.45) is 3.06. The molecule has 0 spiro atoms. The summed E-state index contributed by atoms with van der Waals surface area (Å²) >= 11 is 0. The Kier molecular flexibility index (Phi) is 6.52. The van der Waals surface area contributed by atoms with Gasteiger partial charge in [0.15, 0.2) is 17.9 Å². The van der Waals surface area contributed by atoms with Gasteiger partial charge in [-0.3, -0.25) is 4.98 Å². The normalized spacial score (nSPS) is 19.2. The fourth-order valence-electron chi connectivity index (χ4n) is 3.54. The van der Waals surface area contributed by atoms with Crippen LogP contribution in [0.2, 0.25) is 0 Å². The molecule has 3 aromatic rings. The summed E-state index contributed by atoms with van der Waals surface area (Å²) in [4.78, 5) is 4.41. The molecule has 0 bridgehead atoms. The van der Waals surface area contributed by atoms with Gasteiger partial charge >= 0.3 is 0 Å². The molecular formula is C23H24F2N2O3. The van der Waals surface area contributed by atoms with Crippen molar-refractivity contribution in [3.05, 3.63) is 71.4 Å². The van der Waals surface area contributed by atoms with Crippen molar-refractivity contribution in [2.45, 2.75) is 31.7 Å². The molecule has 0 unspecified atom stereocenters. The quantitative estimate of drug-likeness (QED) is 0.634. The molecule has 1 saturated heterocycles. The van der Waals surface area contributed by atoms with Crippen LogP contribution in [0.4, 0.5) is 8.78 Å². The number of benzene rings is 2. The minimum atomic E-state index is -0.841. The summed E-state index contributed by atoms with van der Waals surface area (Å²) in [6.45, 7) is 1.42. The van der Waals surface area contributed by atoms with E-state index >= 15 is 0 Å². The number of fused-ring (bicyclic) bond motifs is 1. The standard InChI is InChI=1S/C23H24F2N2O3/c1-28-18-4-6-22-19(11-18)16(8-9-26-22)3-7-23-29-13-17(14-30-23)27-12-15-2-5-20(24)21(25)10-15/h2,4-6,8-11,17,23,27H,3,7,12-14H2,1H3. The molecule has 0 atom stereocenters. The van der Waals surface area contributed by atoms with E-state index in [1.165, 1.54) is 11.6 Å². The Morgan fingerprint density at radius 2 is 1.90 bits per heavy atom. The maximum atomic E-state index is 13.3. The molecule has 2 heterocycles. The van der Waals surface area contributed by atoms with Crippen LogP contribution in [0.3, 0.4) is 0 Å². The Morgan fingerprint density at radius 3 is 2.67 bits per heavy atom. The molecule has 1 aromatic heterocycles. The van der Waals surface area contributed by atoms with Gasteiger partial charge in [-0.15, -0.1) is 0 Å². The first-order valence-corrected chi connectivity index (χ1v) is 9.94. The van der Waals surface area contributed by atoms with Crippen molar-refractivity contribution in [1.29, 1.82) is 0 Å². The van der Waals surface area contributed by atoms with Gasteiger partial charge in [0.05, 0.1) is 31.9 Å². The van der Waals surface area contributed by atoms with Gasteiger partial charge in [-0.2, -0.15) is 0 Å². The predicted octanol–water partition coefficient (Wildman–Crippen LogP) is 3.99. The molecule has 5 nitrogen and oxygen atoms in total. The third-order valence-corrected chi connectivity index (χ3v) is 5.23. The summed E-state index contributed by atoms with van der Waals surface area (Å²) < 4.78 is 43.3. The van der Waals surface area contributed by atoms with Crippen LogP contribution >= 0.6 is 0 Å². The summed E-state index contributed by atoms with van der Waals surface area (Å²) in [5.74, 6) is -0.880. The van der Waals surface area contributed by atoms with Gasteiger partial charge in [0, 0.05) is 24.5 Å². The number of aryl methyl sites for hydroxylation is 1. The second-order valence-electron chi connectivity index (χ2n) is 7.31. The first kappa shape index (κ1) is 20.7. The summed E-state index contributed by atoms with van der Waals surface area (Å²) in [5.41, 5.74) is 2.78. The smallest absolute Gasteiger partial charge is 0.159 e. The Bertz CT molecular complexity index is 1010. The maximum absolute atomic E-state index is 13.3. The molecule has 2 aromatic carbocycles. The molecule has 1 aliphatic rings. The zero-order valence-corrected chi connectivity index (χ0v) is 16.7. The number of hydrogen-bond acceptors (Lipinski definition) is 5. The Balaban J connectivity index is 1.27. The third kappa shape index (κ3) is 4.92. The van der Waals surface area contributed by atoms with Crippen LogP contribution in [0, 0.1) is 11.6 Å². The number of rotatable bonds is 7. The molecule has 0 saturated carbocycles. The lowest BCUT2D eigenvalue weighted by Crippen LogP contribution is -2.44. The maximum Gasteiger partial charge on any atom is 0.159 e. The highest BCUT2D eigenvalue weighted by molar-refractivity contribution is 5.83. The molecule has 30 heavy (non-hydrogen) atoms. The summed E-state index contributed by atoms with van der Waals surface area (Å²) in [5, 5.41) is 4.32. The van der Waals surface area contributed by atoms with E-state index in [0.29, 0.717) is 25.3 Å². The predicted molar refractivity (Wildman–Crippen MR) is 109 cm³/mol. The molecule has 1 aliphatic heterocycles. The van der Waals surface area contributed by atoms with Crippen LogP contribution in [0.25, 0.3) is 10.9 Å². The second kappa shape index (κ2) is 9.47. The molecule has 4 rings (SSSR count). The lowest BCUT2D eigenvalue weighted by atomic mass is 10.0. The van der Waals surface area contributed by atoms with Gasteiger partial charge in [-0.1, -0.05) is 6.07 Å². The van der Waals surface area contributed by atoms with Gasteiger partial charge in [0.1, 0.15) is 5.75 Å². The van der Waals surface area contributed by atoms with Gasteiger partial charge in [0.25, 0.3) is 0 Å². The van der Waals surface area contributed by atoms with Crippen molar-refractivity contribution in [3.8, 4) is 5.75 Å². The average molecular weight is 414 g/mol. The Hall–Kier alpha value is -2.61. The highest BCUT2D eigenvalue weighted by Gasteiger charge is 2.22. The number of halogens is 2. The van der Waals surface area contributed by atoms with Crippen LogP contribution in [0.1, 0.15) is 17.5 Å². The van der Waals surface area contributed by atoms with Gasteiger partial charge in [-0.05, 0) is 53.9 Å². The van der Waals surface area contributed by atoms with E-state index < -0.39 is 11.6 Å². The van der Waals surface area contributed by atoms with Crippen molar-refractivity contribution < 1.29 is 23.0 Å². The van der Waals surface area contributed by atoms with Crippen molar-refractivity contribution in [1.82, 2.24) is 10.3 Å². The van der Waals surface area contributed by atoms with Crippen molar-refractivity contribution >= 4 is 10.9 Å². The fraction of sp³-hybridized carbons (Fsp3) is 0.348. The van der Waals surface area contributed by atoms with Crippen LogP contribution in [-0.4, -0.2) is 37.6 Å².